The van der Waals surface area contributed by atoms with Gasteiger partial charge < -0.3 is 14.9 Å². The third kappa shape index (κ3) is 3.94. The summed E-state index contributed by atoms with van der Waals surface area (Å²) in [6.07, 6.45) is 7.31. The minimum Gasteiger partial charge on any atom is -0.388 e. The highest BCUT2D eigenvalue weighted by molar-refractivity contribution is 5.75. The predicted octanol–water partition coefficient (Wildman–Crippen LogP) is 1.28. The summed E-state index contributed by atoms with van der Waals surface area (Å²) < 4.78 is 4.81. The van der Waals surface area contributed by atoms with Crippen LogP contribution in [0.25, 0.3) is 22.4 Å². The van der Waals surface area contributed by atoms with Crippen LogP contribution in [0.1, 0.15) is 12.8 Å². The maximum atomic E-state index is 13.1. The SMILES string of the molecule is CN(C)C(=O)N1CCC(O)(Cn2cnc3c(cnn3-c3ccc(-n4cccn4)cc3)c2=O)CC1. The number of likely N-dealkylation sites (tertiary alicyclic amines) is 1. The van der Waals surface area contributed by atoms with Gasteiger partial charge in [0.05, 0.1) is 29.7 Å². The Bertz CT molecular complexity index is 1360. The molecule has 2 amide bonds. The molecule has 11 nitrogen and oxygen atoms in total. The first-order valence-corrected chi connectivity index (χ1v) is 11.1. The van der Waals surface area contributed by atoms with Gasteiger partial charge in [0.15, 0.2) is 5.65 Å². The molecule has 34 heavy (non-hydrogen) atoms. The van der Waals surface area contributed by atoms with E-state index in [2.05, 4.69) is 15.2 Å². The van der Waals surface area contributed by atoms with Crippen molar-refractivity contribution in [2.24, 2.45) is 0 Å². The van der Waals surface area contributed by atoms with E-state index in [9.17, 15) is 14.7 Å². The molecule has 5 rings (SSSR count). The molecule has 4 heterocycles. The molecule has 1 saturated heterocycles. The van der Waals surface area contributed by atoms with Gasteiger partial charge in [-0.3, -0.25) is 9.36 Å². The quantitative estimate of drug-likeness (QED) is 0.489. The fraction of sp³-hybridized carbons (Fsp3) is 0.348. The maximum absolute atomic E-state index is 13.1. The second kappa shape index (κ2) is 8.41. The maximum Gasteiger partial charge on any atom is 0.319 e. The number of fused-ring (bicyclic) bond motifs is 1. The van der Waals surface area contributed by atoms with Crippen molar-refractivity contribution in [3.8, 4) is 11.4 Å². The van der Waals surface area contributed by atoms with E-state index in [1.165, 1.54) is 22.0 Å². The van der Waals surface area contributed by atoms with Gasteiger partial charge in [-0.05, 0) is 43.2 Å². The minimum absolute atomic E-state index is 0.0765. The average molecular weight is 463 g/mol. The van der Waals surface area contributed by atoms with Crippen LogP contribution in [0.2, 0.25) is 0 Å². The number of aliphatic hydroxyl groups is 1. The molecule has 1 aliphatic rings. The van der Waals surface area contributed by atoms with Crippen LogP contribution < -0.4 is 5.56 Å². The summed E-state index contributed by atoms with van der Waals surface area (Å²) in [4.78, 5) is 33.0. The number of aromatic nitrogens is 6. The van der Waals surface area contributed by atoms with Crippen LogP contribution in [-0.2, 0) is 6.54 Å². The molecule has 1 fully saturated rings. The zero-order valence-corrected chi connectivity index (χ0v) is 19.1. The average Bonchev–Trinajstić information content (AvgIpc) is 3.52. The standard InChI is InChI=1S/C23H26N8O3/c1-27(2)22(33)28-12-8-23(34,9-13-28)15-29-16-24-20-19(21(29)32)14-26-31(20)18-6-4-17(5-7-18)30-11-3-10-25-30/h3-7,10-11,14,16,34H,8-9,12-13,15H2,1-2H3. The van der Waals surface area contributed by atoms with E-state index in [-0.39, 0.29) is 18.1 Å². The van der Waals surface area contributed by atoms with Gasteiger partial charge in [0.25, 0.3) is 5.56 Å². The molecule has 0 saturated carbocycles. The zero-order chi connectivity index (χ0) is 23.9. The predicted molar refractivity (Wildman–Crippen MR) is 125 cm³/mol. The highest BCUT2D eigenvalue weighted by Crippen LogP contribution is 2.24. The molecule has 0 atom stereocenters. The van der Waals surface area contributed by atoms with Gasteiger partial charge in [0, 0.05) is 39.6 Å². The Morgan fingerprint density at radius 1 is 1.12 bits per heavy atom. The molecule has 11 heteroatoms. The van der Waals surface area contributed by atoms with Crippen molar-refractivity contribution in [1.29, 1.82) is 0 Å². The summed E-state index contributed by atoms with van der Waals surface area (Å²) in [5, 5.41) is 20.1. The third-order valence-corrected chi connectivity index (χ3v) is 6.23. The Labute approximate surface area is 195 Å². The summed E-state index contributed by atoms with van der Waals surface area (Å²) in [5.41, 5.74) is 0.788. The Kier molecular flexibility index (Phi) is 5.40. The number of hydrogen-bond acceptors (Lipinski definition) is 6. The van der Waals surface area contributed by atoms with E-state index in [4.69, 9.17) is 0 Å². The molecule has 1 N–H and O–H groups in total. The number of carbonyl (C=O) groups is 1. The second-order valence-electron chi connectivity index (χ2n) is 8.83. The van der Waals surface area contributed by atoms with Crippen LogP contribution in [0.3, 0.4) is 0 Å². The smallest absolute Gasteiger partial charge is 0.319 e. The highest BCUT2D eigenvalue weighted by Gasteiger charge is 2.35. The Balaban J connectivity index is 1.36. The fourth-order valence-corrected chi connectivity index (χ4v) is 4.29. The van der Waals surface area contributed by atoms with Crippen LogP contribution in [0, 0.1) is 0 Å². The summed E-state index contributed by atoms with van der Waals surface area (Å²) in [6, 6.07) is 9.39. The van der Waals surface area contributed by atoms with Gasteiger partial charge in [-0.2, -0.15) is 10.2 Å². The molecule has 3 aromatic heterocycles. The molecule has 1 aliphatic heterocycles. The molecule has 0 radical (unpaired) electrons. The van der Waals surface area contributed by atoms with Crippen molar-refractivity contribution in [3.05, 3.63) is 65.6 Å². The number of piperidine rings is 1. The second-order valence-corrected chi connectivity index (χ2v) is 8.83. The Morgan fingerprint density at radius 3 is 2.47 bits per heavy atom. The van der Waals surface area contributed by atoms with Crippen molar-refractivity contribution in [2.45, 2.75) is 25.0 Å². The summed E-state index contributed by atoms with van der Waals surface area (Å²) in [5.74, 6) is 0. The number of carbonyl (C=O) groups excluding carboxylic acids is 1. The van der Waals surface area contributed by atoms with Gasteiger partial charge in [0.2, 0.25) is 0 Å². The van der Waals surface area contributed by atoms with Crippen molar-refractivity contribution < 1.29 is 9.90 Å². The Hall–Kier alpha value is -3.99. The minimum atomic E-state index is -1.08. The van der Waals surface area contributed by atoms with E-state index in [1.807, 2.05) is 36.5 Å². The van der Waals surface area contributed by atoms with Crippen molar-refractivity contribution in [2.75, 3.05) is 27.2 Å². The number of amides is 2. The van der Waals surface area contributed by atoms with E-state index in [0.29, 0.717) is 37.0 Å². The van der Waals surface area contributed by atoms with Gasteiger partial charge in [-0.25, -0.2) is 19.1 Å². The third-order valence-electron chi connectivity index (χ3n) is 6.23. The van der Waals surface area contributed by atoms with E-state index < -0.39 is 5.60 Å². The number of urea groups is 1. The molecule has 0 spiro atoms. The van der Waals surface area contributed by atoms with Gasteiger partial charge in [-0.1, -0.05) is 0 Å². The van der Waals surface area contributed by atoms with Crippen LogP contribution >= 0.6 is 0 Å². The lowest BCUT2D eigenvalue weighted by Gasteiger charge is -2.39. The van der Waals surface area contributed by atoms with Crippen molar-refractivity contribution in [1.82, 2.24) is 38.9 Å². The van der Waals surface area contributed by atoms with Crippen LogP contribution in [0.15, 0.2) is 60.0 Å². The lowest BCUT2D eigenvalue weighted by molar-refractivity contribution is -0.0282. The highest BCUT2D eigenvalue weighted by atomic mass is 16.3. The molecular weight excluding hydrogens is 436 g/mol. The molecule has 0 bridgehead atoms. The number of benzene rings is 1. The largest absolute Gasteiger partial charge is 0.388 e. The van der Waals surface area contributed by atoms with E-state index >= 15 is 0 Å². The van der Waals surface area contributed by atoms with Gasteiger partial charge in [-0.15, -0.1) is 0 Å². The summed E-state index contributed by atoms with van der Waals surface area (Å²) >= 11 is 0. The summed E-state index contributed by atoms with van der Waals surface area (Å²) in [6.45, 7) is 0.983. The number of nitrogens with zero attached hydrogens (tertiary/aromatic N) is 8. The lowest BCUT2D eigenvalue weighted by Crippen LogP contribution is -2.51. The Morgan fingerprint density at radius 2 is 1.82 bits per heavy atom. The summed E-state index contributed by atoms with van der Waals surface area (Å²) in [7, 11) is 3.41. The zero-order valence-electron chi connectivity index (χ0n) is 19.1. The van der Waals surface area contributed by atoms with Gasteiger partial charge >= 0.3 is 6.03 Å². The van der Waals surface area contributed by atoms with Crippen LogP contribution in [0.5, 0.6) is 0 Å². The molecule has 0 aliphatic carbocycles. The number of hydrogen-bond donors (Lipinski definition) is 1. The lowest BCUT2D eigenvalue weighted by atomic mass is 9.91. The molecule has 176 valence electrons. The first-order valence-electron chi connectivity index (χ1n) is 11.1. The van der Waals surface area contributed by atoms with Crippen molar-refractivity contribution in [3.63, 3.8) is 0 Å². The molecule has 4 aromatic rings. The molecule has 0 unspecified atom stereocenters. The van der Waals surface area contributed by atoms with E-state index in [1.54, 1.807) is 34.6 Å². The first kappa shape index (κ1) is 21.8. The first-order chi connectivity index (χ1) is 16.3. The van der Waals surface area contributed by atoms with Gasteiger partial charge in [0.1, 0.15) is 11.7 Å². The van der Waals surface area contributed by atoms with Crippen LogP contribution in [0.4, 0.5) is 4.79 Å². The number of rotatable bonds is 4. The van der Waals surface area contributed by atoms with E-state index in [0.717, 1.165) is 11.4 Å². The normalized spacial score (nSPS) is 15.6. The topological polar surface area (TPSA) is 114 Å². The van der Waals surface area contributed by atoms with Crippen LogP contribution in [-0.4, -0.2) is 82.8 Å². The van der Waals surface area contributed by atoms with Crippen molar-refractivity contribution >= 4 is 17.1 Å². The molecule has 1 aromatic carbocycles. The fourth-order valence-electron chi connectivity index (χ4n) is 4.29. The monoisotopic (exact) mass is 462 g/mol. The molecular formula is C23H26N8O3.